The van der Waals surface area contributed by atoms with Crippen LogP contribution in [0.2, 0.25) is 0 Å². The molecule has 0 heterocycles. The third kappa shape index (κ3) is 4.84. The van der Waals surface area contributed by atoms with E-state index >= 15 is 0 Å². The smallest absolute Gasteiger partial charge is 0.407 e. The van der Waals surface area contributed by atoms with E-state index in [1.54, 1.807) is 26.2 Å². The Bertz CT molecular complexity index is 655. The van der Waals surface area contributed by atoms with E-state index in [4.69, 9.17) is 9.47 Å². The van der Waals surface area contributed by atoms with Gasteiger partial charge >= 0.3 is 6.09 Å². The maximum Gasteiger partial charge on any atom is 0.407 e. The molecule has 1 N–H and O–H groups in total. The fourth-order valence-electron chi connectivity index (χ4n) is 2.30. The van der Waals surface area contributed by atoms with Crippen LogP contribution in [0.3, 0.4) is 0 Å². The van der Waals surface area contributed by atoms with Crippen molar-refractivity contribution in [2.24, 2.45) is 5.92 Å². The molecule has 0 spiro atoms. The Labute approximate surface area is 141 Å². The molecule has 0 fully saturated rings. The number of methoxy groups -OCH3 is 1. The van der Waals surface area contributed by atoms with Crippen LogP contribution in [-0.4, -0.2) is 19.5 Å². The minimum Gasteiger partial charge on any atom is -0.497 e. The van der Waals surface area contributed by atoms with E-state index in [1.165, 1.54) is 0 Å². The van der Waals surface area contributed by atoms with E-state index in [0.717, 1.165) is 17.4 Å². The van der Waals surface area contributed by atoms with Crippen molar-refractivity contribution in [3.05, 3.63) is 65.7 Å². The first-order valence-electron chi connectivity index (χ1n) is 7.70. The van der Waals surface area contributed by atoms with E-state index in [-0.39, 0.29) is 12.5 Å². The van der Waals surface area contributed by atoms with E-state index in [9.17, 15) is 9.59 Å². The summed E-state index contributed by atoms with van der Waals surface area (Å²) in [4.78, 5) is 23.3. The number of ether oxygens (including phenoxy) is 2. The van der Waals surface area contributed by atoms with E-state index in [2.05, 4.69) is 5.32 Å². The van der Waals surface area contributed by atoms with Gasteiger partial charge in [0.05, 0.1) is 13.2 Å². The predicted molar refractivity (Wildman–Crippen MR) is 90.7 cm³/mol. The van der Waals surface area contributed by atoms with E-state index in [1.807, 2.05) is 42.5 Å². The summed E-state index contributed by atoms with van der Waals surface area (Å²) in [6.45, 7) is 1.93. The van der Waals surface area contributed by atoms with Crippen molar-refractivity contribution in [2.45, 2.75) is 19.6 Å². The molecule has 5 nitrogen and oxygen atoms in total. The third-order valence-corrected chi connectivity index (χ3v) is 3.70. The lowest BCUT2D eigenvalue weighted by molar-refractivity contribution is -0.111. The van der Waals surface area contributed by atoms with Gasteiger partial charge in [-0.25, -0.2) is 4.79 Å². The molecule has 2 rings (SSSR count). The zero-order valence-corrected chi connectivity index (χ0v) is 13.8. The normalized spacial score (nSPS) is 12.8. The lowest BCUT2D eigenvalue weighted by Crippen LogP contribution is -2.33. The molecule has 2 atom stereocenters. The van der Waals surface area contributed by atoms with Crippen LogP contribution >= 0.6 is 0 Å². The largest absolute Gasteiger partial charge is 0.497 e. The van der Waals surface area contributed by atoms with Crippen LogP contribution in [0.25, 0.3) is 0 Å². The van der Waals surface area contributed by atoms with Crippen LogP contribution in [0.4, 0.5) is 4.79 Å². The van der Waals surface area contributed by atoms with Crippen molar-refractivity contribution < 1.29 is 19.1 Å². The molecule has 0 saturated heterocycles. The Morgan fingerprint density at radius 2 is 1.79 bits per heavy atom. The summed E-state index contributed by atoms with van der Waals surface area (Å²) in [6.07, 6.45) is 0.250. The number of carbonyl (C=O) groups is 2. The third-order valence-electron chi connectivity index (χ3n) is 3.70. The van der Waals surface area contributed by atoms with Crippen LogP contribution in [0, 0.1) is 5.92 Å². The molecule has 24 heavy (non-hydrogen) atoms. The van der Waals surface area contributed by atoms with E-state index < -0.39 is 12.1 Å². The van der Waals surface area contributed by atoms with Crippen molar-refractivity contribution in [3.63, 3.8) is 0 Å². The average Bonchev–Trinajstić information content (AvgIpc) is 2.65. The van der Waals surface area contributed by atoms with Crippen molar-refractivity contribution in [2.75, 3.05) is 7.11 Å². The van der Waals surface area contributed by atoms with Gasteiger partial charge in [-0.3, -0.25) is 0 Å². The first-order chi connectivity index (χ1) is 11.6. The van der Waals surface area contributed by atoms with Gasteiger partial charge in [0, 0.05) is 5.92 Å². The molecule has 2 aromatic carbocycles. The van der Waals surface area contributed by atoms with Gasteiger partial charge in [-0.2, -0.15) is 0 Å². The van der Waals surface area contributed by atoms with Crippen molar-refractivity contribution >= 4 is 12.4 Å². The fourth-order valence-corrected chi connectivity index (χ4v) is 2.30. The molecule has 2 aromatic rings. The first-order valence-corrected chi connectivity index (χ1v) is 7.70. The summed E-state index contributed by atoms with van der Waals surface area (Å²) < 4.78 is 10.4. The number of carbonyl (C=O) groups excluding carboxylic acids is 2. The van der Waals surface area contributed by atoms with Crippen molar-refractivity contribution in [1.29, 1.82) is 0 Å². The highest BCUT2D eigenvalue weighted by Gasteiger charge is 2.22. The monoisotopic (exact) mass is 327 g/mol. The molecular weight excluding hydrogens is 306 g/mol. The fraction of sp³-hybridized carbons (Fsp3) is 0.263. The molecule has 0 aliphatic heterocycles. The van der Waals surface area contributed by atoms with Crippen molar-refractivity contribution in [1.82, 2.24) is 5.32 Å². The molecule has 0 aromatic heterocycles. The zero-order valence-electron chi connectivity index (χ0n) is 13.8. The molecule has 1 amide bonds. The summed E-state index contributed by atoms with van der Waals surface area (Å²) in [6, 6.07) is 16.2. The first kappa shape index (κ1) is 17.5. The maximum absolute atomic E-state index is 12.1. The summed E-state index contributed by atoms with van der Waals surface area (Å²) in [5.41, 5.74) is 1.71. The highest BCUT2D eigenvalue weighted by molar-refractivity contribution is 5.69. The molecule has 0 aliphatic rings. The number of amides is 1. The number of aldehydes is 1. The van der Waals surface area contributed by atoms with Gasteiger partial charge in [-0.05, 0) is 23.3 Å². The second kappa shape index (κ2) is 8.72. The topological polar surface area (TPSA) is 64.6 Å². The molecule has 0 unspecified atom stereocenters. The number of hydrogen-bond donors (Lipinski definition) is 1. The number of nitrogens with one attached hydrogen (secondary N) is 1. The number of hydrogen-bond acceptors (Lipinski definition) is 4. The summed E-state index contributed by atoms with van der Waals surface area (Å²) >= 11 is 0. The van der Waals surface area contributed by atoms with Crippen LogP contribution in [0.5, 0.6) is 5.75 Å². The molecule has 0 saturated carbocycles. The predicted octanol–water partition coefficient (Wildman–Crippen LogP) is 3.50. The van der Waals surface area contributed by atoms with E-state index in [0.29, 0.717) is 5.75 Å². The van der Waals surface area contributed by atoms with Gasteiger partial charge in [-0.15, -0.1) is 0 Å². The van der Waals surface area contributed by atoms with Crippen LogP contribution in [0.1, 0.15) is 24.1 Å². The molecule has 0 radical (unpaired) electrons. The van der Waals surface area contributed by atoms with Gasteiger partial charge in [0.1, 0.15) is 18.6 Å². The van der Waals surface area contributed by atoms with Crippen LogP contribution < -0.4 is 10.1 Å². The van der Waals surface area contributed by atoms with Gasteiger partial charge < -0.3 is 19.6 Å². The van der Waals surface area contributed by atoms with Gasteiger partial charge in [-0.1, -0.05) is 49.4 Å². The van der Waals surface area contributed by atoms with Gasteiger partial charge in [0.2, 0.25) is 0 Å². The number of rotatable bonds is 7. The number of alkyl carbamates (subject to hydrolysis) is 1. The summed E-state index contributed by atoms with van der Waals surface area (Å²) in [5.74, 6) is 0.325. The van der Waals surface area contributed by atoms with Crippen LogP contribution in [-0.2, 0) is 16.1 Å². The standard InChI is InChI=1S/C19H21NO4/c1-14(12-21)18(16-8-10-17(23-2)11-9-16)20-19(22)24-13-15-6-4-3-5-7-15/h3-12,14,18H,13H2,1-2H3,(H,20,22)/t14-,18-/m0/s1. The maximum atomic E-state index is 12.1. The summed E-state index contributed by atoms with van der Waals surface area (Å²) in [5, 5.41) is 2.76. The Hall–Kier alpha value is -2.82. The highest BCUT2D eigenvalue weighted by atomic mass is 16.5. The SMILES string of the molecule is COc1ccc([C@@H](NC(=O)OCc2ccccc2)[C@@H](C)C=O)cc1. The van der Waals surface area contributed by atoms with Gasteiger partial charge in [0.25, 0.3) is 0 Å². The lowest BCUT2D eigenvalue weighted by Gasteiger charge is -2.22. The minimum atomic E-state index is -0.562. The zero-order chi connectivity index (χ0) is 17.4. The highest BCUT2D eigenvalue weighted by Crippen LogP contribution is 2.23. The number of benzene rings is 2. The van der Waals surface area contributed by atoms with Crippen LogP contribution in [0.15, 0.2) is 54.6 Å². The second-order valence-corrected chi connectivity index (χ2v) is 5.45. The summed E-state index contributed by atoms with van der Waals surface area (Å²) in [7, 11) is 1.58. The second-order valence-electron chi connectivity index (χ2n) is 5.45. The molecule has 5 heteroatoms. The molecule has 0 bridgehead atoms. The Balaban J connectivity index is 2.02. The Kier molecular flexibility index (Phi) is 6.37. The lowest BCUT2D eigenvalue weighted by atomic mass is 9.96. The minimum absolute atomic E-state index is 0.178. The molecular formula is C19H21NO4. The Morgan fingerprint density at radius 3 is 2.38 bits per heavy atom. The Morgan fingerprint density at radius 1 is 1.12 bits per heavy atom. The van der Waals surface area contributed by atoms with Gasteiger partial charge in [0.15, 0.2) is 0 Å². The van der Waals surface area contributed by atoms with Crippen molar-refractivity contribution in [3.8, 4) is 5.75 Å². The molecule has 126 valence electrons. The average molecular weight is 327 g/mol. The molecule has 0 aliphatic carbocycles. The quantitative estimate of drug-likeness (QED) is 0.791.